The van der Waals surface area contributed by atoms with Crippen molar-refractivity contribution < 1.29 is 14.4 Å². The lowest BCUT2D eigenvalue weighted by molar-refractivity contribution is -0.123. The smallest absolute Gasteiger partial charge is 0.332 e. The number of aromatic nitrogens is 1. The number of carbonyl (C=O) groups is 3. The summed E-state index contributed by atoms with van der Waals surface area (Å²) in [6.07, 6.45) is 3.28. The average molecular weight is 405 g/mol. The number of nitrogens with zero attached hydrogens (tertiary/aromatic N) is 4. The normalized spacial score (nSPS) is 21.0. The molecule has 154 valence electrons. The highest BCUT2D eigenvalue weighted by Gasteiger charge is 2.59. The average Bonchev–Trinajstić information content (AvgIpc) is 3.46. The molecule has 0 bridgehead atoms. The molecule has 0 unspecified atom stereocenters. The van der Waals surface area contributed by atoms with Crippen molar-refractivity contribution in [2.24, 2.45) is 0 Å². The van der Waals surface area contributed by atoms with Crippen LogP contribution in [0.2, 0.25) is 0 Å². The van der Waals surface area contributed by atoms with Gasteiger partial charge in [-0.15, -0.1) is 0 Å². The van der Waals surface area contributed by atoms with Gasteiger partial charge < -0.3 is 15.5 Å². The number of hydrogen-bond acceptors (Lipinski definition) is 5. The number of carbonyl (C=O) groups excluding carboxylic acids is 3. The van der Waals surface area contributed by atoms with Crippen molar-refractivity contribution in [3.63, 3.8) is 0 Å². The number of nitrogens with two attached hydrogens (primary N) is 1. The van der Waals surface area contributed by atoms with Gasteiger partial charge in [-0.3, -0.25) is 9.59 Å². The maximum atomic E-state index is 13.3. The molecule has 2 N–H and O–H groups in total. The fraction of sp³-hybridized carbons (Fsp3) is 0.364. The minimum Gasteiger partial charge on any atom is -0.384 e. The molecule has 1 saturated heterocycles. The van der Waals surface area contributed by atoms with Gasteiger partial charge in [0.1, 0.15) is 11.4 Å². The van der Waals surface area contributed by atoms with E-state index in [1.54, 1.807) is 56.3 Å². The molecule has 3 heterocycles. The topological polar surface area (TPSA) is 99.8 Å². The predicted molar refractivity (Wildman–Crippen MR) is 112 cm³/mol. The van der Waals surface area contributed by atoms with Crippen LogP contribution in [0.4, 0.5) is 22.0 Å². The predicted octanol–water partition coefficient (Wildman–Crippen LogP) is 2.42. The van der Waals surface area contributed by atoms with Crippen LogP contribution in [0, 0.1) is 0 Å². The molecule has 0 atom stereocenters. The van der Waals surface area contributed by atoms with Crippen LogP contribution in [-0.2, 0) is 21.5 Å². The molecular formula is C22H23N5O3. The van der Waals surface area contributed by atoms with E-state index in [2.05, 4.69) is 4.98 Å². The molecule has 3 aliphatic rings. The lowest BCUT2D eigenvalue weighted by atomic mass is 9.97. The Balaban J connectivity index is 1.51. The van der Waals surface area contributed by atoms with Crippen LogP contribution < -0.4 is 15.5 Å². The lowest BCUT2D eigenvalue weighted by Crippen LogP contribution is -2.43. The summed E-state index contributed by atoms with van der Waals surface area (Å²) in [5.41, 5.74) is 7.38. The van der Waals surface area contributed by atoms with E-state index < -0.39 is 17.0 Å². The Morgan fingerprint density at radius 3 is 2.47 bits per heavy atom. The highest BCUT2D eigenvalue weighted by molar-refractivity contribution is 6.23. The SMILES string of the molecule is CN1C(=O)C2(CC2)c2ccc(N3C(=O)N(Cc4ccnc(N)c4)C(C)(C)C3=O)cc21. The van der Waals surface area contributed by atoms with Gasteiger partial charge in [0.2, 0.25) is 5.91 Å². The van der Waals surface area contributed by atoms with Gasteiger partial charge in [-0.1, -0.05) is 6.07 Å². The summed E-state index contributed by atoms with van der Waals surface area (Å²) < 4.78 is 0. The molecule has 30 heavy (non-hydrogen) atoms. The second kappa shape index (κ2) is 5.81. The molecule has 2 aliphatic heterocycles. The second-order valence-electron chi connectivity index (χ2n) is 8.80. The third-order valence-corrected chi connectivity index (χ3v) is 6.59. The van der Waals surface area contributed by atoms with Gasteiger partial charge in [0.15, 0.2) is 0 Å². The highest BCUT2D eigenvalue weighted by atomic mass is 16.2. The van der Waals surface area contributed by atoms with Gasteiger partial charge in [-0.25, -0.2) is 14.7 Å². The van der Waals surface area contributed by atoms with Gasteiger partial charge >= 0.3 is 6.03 Å². The van der Waals surface area contributed by atoms with Crippen LogP contribution >= 0.6 is 0 Å². The standard InChI is InChI=1S/C22H23N5O3/c1-21(2)18(28)27(20(30)26(21)12-13-6-9-24-17(23)10-13)14-4-5-15-16(11-14)25(3)19(29)22(15)7-8-22/h4-6,9-11H,7-8,12H2,1-3H3,(H2,23,24). The second-order valence-corrected chi connectivity index (χ2v) is 8.80. The number of pyridine rings is 1. The van der Waals surface area contributed by atoms with Crippen molar-refractivity contribution in [1.29, 1.82) is 0 Å². The van der Waals surface area contributed by atoms with E-state index in [9.17, 15) is 14.4 Å². The summed E-state index contributed by atoms with van der Waals surface area (Å²) in [6.45, 7) is 3.72. The Morgan fingerprint density at radius 1 is 1.07 bits per heavy atom. The van der Waals surface area contributed by atoms with Gasteiger partial charge in [0.25, 0.3) is 5.91 Å². The van der Waals surface area contributed by atoms with E-state index in [4.69, 9.17) is 5.73 Å². The molecule has 8 heteroatoms. The van der Waals surface area contributed by atoms with Crippen LogP contribution in [-0.4, -0.2) is 40.3 Å². The molecule has 1 spiro atoms. The molecule has 2 aromatic rings. The molecule has 1 aromatic carbocycles. The lowest BCUT2D eigenvalue weighted by Gasteiger charge is -2.27. The number of urea groups is 1. The van der Waals surface area contributed by atoms with E-state index in [0.29, 0.717) is 11.5 Å². The maximum Gasteiger partial charge on any atom is 0.332 e. The van der Waals surface area contributed by atoms with E-state index >= 15 is 0 Å². The van der Waals surface area contributed by atoms with Crippen molar-refractivity contribution in [2.45, 2.75) is 44.2 Å². The molecule has 2 fully saturated rings. The van der Waals surface area contributed by atoms with Crippen LogP contribution in [0.15, 0.2) is 36.5 Å². The van der Waals surface area contributed by atoms with Gasteiger partial charge in [0, 0.05) is 25.5 Å². The first-order valence-corrected chi connectivity index (χ1v) is 9.96. The minimum atomic E-state index is -1.02. The summed E-state index contributed by atoms with van der Waals surface area (Å²) >= 11 is 0. The summed E-state index contributed by atoms with van der Waals surface area (Å²) in [4.78, 5) is 47.6. The van der Waals surface area contributed by atoms with Crippen LogP contribution in [0.5, 0.6) is 0 Å². The number of nitrogen functional groups attached to an aromatic ring is 1. The molecule has 8 nitrogen and oxygen atoms in total. The molecule has 4 amide bonds. The fourth-order valence-electron chi connectivity index (χ4n) is 4.60. The number of amides is 4. The first kappa shape index (κ1) is 18.6. The third kappa shape index (κ3) is 2.33. The van der Waals surface area contributed by atoms with Gasteiger partial charge in [0.05, 0.1) is 11.1 Å². The summed E-state index contributed by atoms with van der Waals surface area (Å²) in [6, 6.07) is 8.51. The zero-order valence-electron chi connectivity index (χ0n) is 17.2. The van der Waals surface area contributed by atoms with Crippen molar-refractivity contribution in [1.82, 2.24) is 9.88 Å². The fourth-order valence-corrected chi connectivity index (χ4v) is 4.60. The number of likely N-dealkylation sites (N-methyl/N-ethyl adjacent to an activating group) is 1. The number of benzene rings is 1. The molecular weight excluding hydrogens is 382 g/mol. The molecule has 0 radical (unpaired) electrons. The van der Waals surface area contributed by atoms with E-state index in [0.717, 1.165) is 29.7 Å². The highest BCUT2D eigenvalue weighted by Crippen LogP contribution is 2.57. The Labute approximate surface area is 174 Å². The molecule has 1 saturated carbocycles. The maximum absolute atomic E-state index is 13.3. The van der Waals surface area contributed by atoms with Crippen molar-refractivity contribution in [3.8, 4) is 0 Å². The molecule has 1 aliphatic carbocycles. The Bertz CT molecular complexity index is 1120. The quantitative estimate of drug-likeness (QED) is 0.791. The van der Waals surface area contributed by atoms with Crippen molar-refractivity contribution in [2.75, 3.05) is 22.6 Å². The number of imide groups is 1. The molecule has 5 rings (SSSR count). The largest absolute Gasteiger partial charge is 0.384 e. The summed E-state index contributed by atoms with van der Waals surface area (Å²) in [5.74, 6) is 0.147. The van der Waals surface area contributed by atoms with E-state index in [1.807, 2.05) is 6.07 Å². The minimum absolute atomic E-state index is 0.0888. The zero-order chi connectivity index (χ0) is 21.4. The Morgan fingerprint density at radius 2 is 1.80 bits per heavy atom. The zero-order valence-corrected chi connectivity index (χ0v) is 17.2. The van der Waals surface area contributed by atoms with Gasteiger partial charge in [-0.05, 0) is 62.1 Å². The first-order valence-electron chi connectivity index (χ1n) is 9.96. The van der Waals surface area contributed by atoms with Crippen LogP contribution in [0.1, 0.15) is 37.8 Å². The van der Waals surface area contributed by atoms with Gasteiger partial charge in [-0.2, -0.15) is 0 Å². The number of hydrogen-bond donors (Lipinski definition) is 1. The first-order chi connectivity index (χ1) is 14.2. The van der Waals surface area contributed by atoms with Crippen LogP contribution in [0.25, 0.3) is 0 Å². The third-order valence-electron chi connectivity index (χ3n) is 6.59. The summed E-state index contributed by atoms with van der Waals surface area (Å²) in [7, 11) is 1.75. The van der Waals surface area contributed by atoms with Crippen molar-refractivity contribution >= 4 is 35.0 Å². The molecule has 1 aromatic heterocycles. The van der Waals surface area contributed by atoms with Crippen molar-refractivity contribution in [3.05, 3.63) is 47.7 Å². The Hall–Kier alpha value is -3.42. The summed E-state index contributed by atoms with van der Waals surface area (Å²) in [5, 5.41) is 0. The van der Waals surface area contributed by atoms with E-state index in [-0.39, 0.29) is 18.4 Å². The van der Waals surface area contributed by atoms with Crippen LogP contribution in [0.3, 0.4) is 0 Å². The number of fused-ring (bicyclic) bond motifs is 2. The Kier molecular flexibility index (Phi) is 3.60. The van der Waals surface area contributed by atoms with E-state index in [1.165, 1.54) is 9.80 Å². The number of anilines is 3. The monoisotopic (exact) mass is 405 g/mol. The number of rotatable bonds is 3.